The van der Waals surface area contributed by atoms with Crippen LogP contribution in [0.2, 0.25) is 0 Å². The van der Waals surface area contributed by atoms with Crippen molar-refractivity contribution in [2.75, 3.05) is 25.0 Å². The molecule has 0 aliphatic rings. The summed E-state index contributed by atoms with van der Waals surface area (Å²) in [5.41, 5.74) is 1.99. The molecule has 1 heterocycles. The molecule has 0 aliphatic carbocycles. The fourth-order valence-corrected chi connectivity index (χ4v) is 2.10. The summed E-state index contributed by atoms with van der Waals surface area (Å²) < 4.78 is 1.69. The number of aromatic nitrogens is 2. The molecular formula is C15H20N4O2. The first-order chi connectivity index (χ1) is 10.2. The van der Waals surface area contributed by atoms with Gasteiger partial charge in [0, 0.05) is 19.2 Å². The highest BCUT2D eigenvalue weighted by Gasteiger charge is 2.14. The van der Waals surface area contributed by atoms with Gasteiger partial charge in [-0.05, 0) is 25.5 Å². The minimum absolute atomic E-state index is 0.0572. The maximum atomic E-state index is 12.2. The van der Waals surface area contributed by atoms with Crippen molar-refractivity contribution in [2.24, 2.45) is 0 Å². The van der Waals surface area contributed by atoms with Crippen LogP contribution in [0.3, 0.4) is 0 Å². The summed E-state index contributed by atoms with van der Waals surface area (Å²) in [6, 6.07) is 9.33. The number of aliphatic hydroxyl groups is 1. The van der Waals surface area contributed by atoms with E-state index in [-0.39, 0.29) is 12.6 Å². The first kappa shape index (κ1) is 15.1. The van der Waals surface area contributed by atoms with Gasteiger partial charge in [0.15, 0.2) is 0 Å². The Morgan fingerprint density at radius 1 is 1.38 bits per heavy atom. The minimum Gasteiger partial charge on any atom is -0.395 e. The van der Waals surface area contributed by atoms with Crippen LogP contribution in [0.5, 0.6) is 0 Å². The number of hydrogen-bond donors (Lipinski definition) is 2. The van der Waals surface area contributed by atoms with Crippen molar-refractivity contribution in [1.29, 1.82) is 0 Å². The summed E-state index contributed by atoms with van der Waals surface area (Å²) in [5.74, 6) is 0.602. The molecule has 2 N–H and O–H groups in total. The second-order valence-electron chi connectivity index (χ2n) is 4.65. The zero-order valence-corrected chi connectivity index (χ0v) is 12.3. The number of anilines is 1. The molecule has 1 aromatic heterocycles. The lowest BCUT2D eigenvalue weighted by molar-refractivity contribution is 0.192. The van der Waals surface area contributed by atoms with Gasteiger partial charge in [-0.2, -0.15) is 5.10 Å². The van der Waals surface area contributed by atoms with Crippen molar-refractivity contribution in [3.05, 3.63) is 42.1 Å². The fraction of sp³-hybridized carbons (Fsp3) is 0.333. The highest BCUT2D eigenvalue weighted by Crippen LogP contribution is 2.18. The van der Waals surface area contributed by atoms with Crippen molar-refractivity contribution in [3.8, 4) is 5.69 Å². The first-order valence-electron chi connectivity index (χ1n) is 6.94. The molecule has 0 fully saturated rings. The van der Waals surface area contributed by atoms with Gasteiger partial charge in [0.1, 0.15) is 5.82 Å². The molecule has 6 heteroatoms. The SMILES string of the molecule is CCN(CCO)C(=O)Nc1ccnn1-c1ccccc1C. The number of amides is 2. The molecule has 1 aromatic carbocycles. The van der Waals surface area contributed by atoms with Crippen LogP contribution >= 0.6 is 0 Å². The van der Waals surface area contributed by atoms with Crippen LogP contribution in [-0.4, -0.2) is 45.5 Å². The van der Waals surface area contributed by atoms with Crippen molar-refractivity contribution < 1.29 is 9.90 Å². The van der Waals surface area contributed by atoms with Gasteiger partial charge >= 0.3 is 6.03 Å². The second-order valence-corrected chi connectivity index (χ2v) is 4.65. The number of hydrogen-bond acceptors (Lipinski definition) is 3. The average molecular weight is 288 g/mol. The molecule has 0 bridgehead atoms. The molecule has 0 saturated heterocycles. The number of para-hydroxylation sites is 1. The Balaban J connectivity index is 2.22. The maximum absolute atomic E-state index is 12.2. The quantitative estimate of drug-likeness (QED) is 0.884. The fourth-order valence-electron chi connectivity index (χ4n) is 2.10. The van der Waals surface area contributed by atoms with E-state index in [2.05, 4.69) is 10.4 Å². The maximum Gasteiger partial charge on any atom is 0.323 e. The Morgan fingerprint density at radius 2 is 2.14 bits per heavy atom. The van der Waals surface area contributed by atoms with Gasteiger partial charge in [-0.25, -0.2) is 9.48 Å². The predicted octanol–water partition coefficient (Wildman–Crippen LogP) is 2.03. The van der Waals surface area contributed by atoms with Crippen LogP contribution in [0, 0.1) is 6.92 Å². The van der Waals surface area contributed by atoms with E-state index in [9.17, 15) is 4.79 Å². The number of likely N-dealkylation sites (N-methyl/N-ethyl adjacent to an activating group) is 1. The molecule has 0 radical (unpaired) electrons. The average Bonchev–Trinajstić information content (AvgIpc) is 2.93. The zero-order chi connectivity index (χ0) is 15.2. The zero-order valence-electron chi connectivity index (χ0n) is 12.3. The Hall–Kier alpha value is -2.34. The topological polar surface area (TPSA) is 70.4 Å². The highest BCUT2D eigenvalue weighted by molar-refractivity contribution is 5.88. The molecule has 112 valence electrons. The number of carbonyl (C=O) groups is 1. The second kappa shape index (κ2) is 6.90. The molecule has 0 atom stereocenters. The number of aryl methyl sites for hydroxylation is 1. The van der Waals surface area contributed by atoms with Crippen LogP contribution in [0.15, 0.2) is 36.5 Å². The van der Waals surface area contributed by atoms with Gasteiger partial charge in [-0.15, -0.1) is 0 Å². The minimum atomic E-state index is -0.248. The van der Waals surface area contributed by atoms with E-state index < -0.39 is 0 Å². The molecule has 0 unspecified atom stereocenters. The summed E-state index contributed by atoms with van der Waals surface area (Å²) in [7, 11) is 0. The van der Waals surface area contributed by atoms with Gasteiger partial charge in [-0.1, -0.05) is 18.2 Å². The van der Waals surface area contributed by atoms with E-state index in [0.29, 0.717) is 18.9 Å². The molecular weight excluding hydrogens is 268 g/mol. The number of benzene rings is 1. The Labute approximate surface area is 124 Å². The number of nitrogens with zero attached hydrogens (tertiary/aromatic N) is 3. The van der Waals surface area contributed by atoms with Gasteiger partial charge in [0.2, 0.25) is 0 Å². The standard InChI is InChI=1S/C15H20N4O2/c1-3-18(10-11-20)15(21)17-14-8-9-16-19(14)13-7-5-4-6-12(13)2/h4-9,20H,3,10-11H2,1-2H3,(H,17,21). The van der Waals surface area contributed by atoms with E-state index in [4.69, 9.17) is 5.11 Å². The van der Waals surface area contributed by atoms with E-state index in [1.807, 2.05) is 38.1 Å². The van der Waals surface area contributed by atoms with Crippen LogP contribution in [0.4, 0.5) is 10.6 Å². The van der Waals surface area contributed by atoms with Gasteiger partial charge in [-0.3, -0.25) is 5.32 Å². The van der Waals surface area contributed by atoms with E-state index in [0.717, 1.165) is 11.3 Å². The Bertz CT molecular complexity index is 609. The molecule has 6 nitrogen and oxygen atoms in total. The predicted molar refractivity (Wildman–Crippen MR) is 81.7 cm³/mol. The summed E-state index contributed by atoms with van der Waals surface area (Å²) in [4.78, 5) is 13.7. The molecule has 2 rings (SSSR count). The number of rotatable bonds is 5. The number of nitrogens with one attached hydrogen (secondary N) is 1. The Morgan fingerprint density at radius 3 is 2.81 bits per heavy atom. The van der Waals surface area contributed by atoms with Crippen molar-refractivity contribution >= 4 is 11.8 Å². The summed E-state index contributed by atoms with van der Waals surface area (Å²) >= 11 is 0. The molecule has 0 aliphatic heterocycles. The third-order valence-corrected chi connectivity index (χ3v) is 3.26. The normalized spacial score (nSPS) is 10.4. The molecule has 0 saturated carbocycles. The number of urea groups is 1. The van der Waals surface area contributed by atoms with Gasteiger partial charge in [0.05, 0.1) is 18.5 Å². The van der Waals surface area contributed by atoms with Crippen molar-refractivity contribution in [2.45, 2.75) is 13.8 Å². The third kappa shape index (κ3) is 3.41. The van der Waals surface area contributed by atoms with Crippen molar-refractivity contribution in [1.82, 2.24) is 14.7 Å². The van der Waals surface area contributed by atoms with Crippen LogP contribution in [0.25, 0.3) is 5.69 Å². The van der Waals surface area contributed by atoms with Crippen LogP contribution < -0.4 is 5.32 Å². The lowest BCUT2D eigenvalue weighted by atomic mass is 10.2. The third-order valence-electron chi connectivity index (χ3n) is 3.26. The summed E-state index contributed by atoms with van der Waals surface area (Å²) in [6.07, 6.45) is 1.64. The summed E-state index contributed by atoms with van der Waals surface area (Å²) in [6.45, 7) is 4.64. The Kier molecular flexibility index (Phi) is 4.94. The molecule has 2 aromatic rings. The molecule has 21 heavy (non-hydrogen) atoms. The molecule has 2 amide bonds. The van der Waals surface area contributed by atoms with E-state index >= 15 is 0 Å². The van der Waals surface area contributed by atoms with Crippen LogP contribution in [-0.2, 0) is 0 Å². The summed E-state index contributed by atoms with van der Waals surface area (Å²) in [5, 5.41) is 16.1. The first-order valence-corrected chi connectivity index (χ1v) is 6.94. The highest BCUT2D eigenvalue weighted by atomic mass is 16.3. The van der Waals surface area contributed by atoms with Crippen LogP contribution in [0.1, 0.15) is 12.5 Å². The lowest BCUT2D eigenvalue weighted by Gasteiger charge is -2.20. The largest absolute Gasteiger partial charge is 0.395 e. The monoisotopic (exact) mass is 288 g/mol. The smallest absolute Gasteiger partial charge is 0.323 e. The molecule has 0 spiro atoms. The van der Waals surface area contributed by atoms with Gasteiger partial charge < -0.3 is 10.0 Å². The lowest BCUT2D eigenvalue weighted by Crippen LogP contribution is -2.37. The van der Waals surface area contributed by atoms with Gasteiger partial charge in [0.25, 0.3) is 0 Å². The van der Waals surface area contributed by atoms with Crippen molar-refractivity contribution in [3.63, 3.8) is 0 Å². The number of carbonyl (C=O) groups excluding carboxylic acids is 1. The van der Waals surface area contributed by atoms with E-state index in [1.54, 1.807) is 16.9 Å². The number of aliphatic hydroxyl groups excluding tert-OH is 1. The van der Waals surface area contributed by atoms with E-state index in [1.165, 1.54) is 4.90 Å².